The highest BCUT2D eigenvalue weighted by Crippen LogP contribution is 2.16. The molecule has 0 saturated heterocycles. The molecule has 0 unspecified atom stereocenters. The van der Waals surface area contributed by atoms with E-state index in [2.05, 4.69) is 4.98 Å². The normalized spacial score (nSPS) is 10.2. The van der Waals surface area contributed by atoms with Crippen molar-refractivity contribution in [2.75, 3.05) is 32.6 Å². The number of aliphatic hydroxyl groups is 1. The molecular formula is C12H19N3O2. The lowest BCUT2D eigenvalue weighted by atomic mass is 10.2. The van der Waals surface area contributed by atoms with E-state index in [1.165, 1.54) is 0 Å². The van der Waals surface area contributed by atoms with Crippen molar-refractivity contribution in [2.24, 2.45) is 0 Å². The molecule has 0 spiro atoms. The van der Waals surface area contributed by atoms with Gasteiger partial charge in [0.2, 0.25) is 5.91 Å². The van der Waals surface area contributed by atoms with E-state index >= 15 is 0 Å². The molecule has 0 radical (unpaired) electrons. The maximum absolute atomic E-state index is 11.6. The Bertz CT molecular complexity index is 405. The van der Waals surface area contributed by atoms with Gasteiger partial charge < -0.3 is 14.9 Å². The summed E-state index contributed by atoms with van der Waals surface area (Å²) in [5, 5.41) is 9.00. The van der Waals surface area contributed by atoms with Gasteiger partial charge in [-0.1, -0.05) is 0 Å². The summed E-state index contributed by atoms with van der Waals surface area (Å²) in [7, 11) is 5.28. The molecule has 17 heavy (non-hydrogen) atoms. The van der Waals surface area contributed by atoms with Crippen LogP contribution in [0.1, 0.15) is 11.1 Å². The molecule has 1 aromatic heterocycles. The number of rotatable bonds is 4. The number of aromatic nitrogens is 1. The topological polar surface area (TPSA) is 56.7 Å². The molecule has 0 bridgehead atoms. The van der Waals surface area contributed by atoms with Crippen LogP contribution in [0.15, 0.2) is 12.3 Å². The molecule has 0 fully saturated rings. The lowest BCUT2D eigenvalue weighted by Gasteiger charge is -2.21. The zero-order chi connectivity index (χ0) is 13.0. The first-order valence-electron chi connectivity index (χ1n) is 5.43. The molecule has 0 aliphatic rings. The third-order valence-corrected chi connectivity index (χ3v) is 2.52. The summed E-state index contributed by atoms with van der Waals surface area (Å²) in [5.41, 5.74) is 1.73. The highest BCUT2D eigenvalue weighted by molar-refractivity contribution is 5.80. The van der Waals surface area contributed by atoms with Crippen LogP contribution in [-0.2, 0) is 11.4 Å². The summed E-state index contributed by atoms with van der Waals surface area (Å²) < 4.78 is 0. The van der Waals surface area contributed by atoms with Crippen LogP contribution in [0, 0.1) is 6.92 Å². The van der Waals surface area contributed by atoms with Crippen LogP contribution < -0.4 is 4.90 Å². The maximum atomic E-state index is 11.6. The SMILES string of the molecule is Cc1cc(CO)cnc1N(C)CC(=O)N(C)C. The van der Waals surface area contributed by atoms with Gasteiger partial charge in [0, 0.05) is 27.3 Å². The number of pyridine rings is 1. The van der Waals surface area contributed by atoms with Crippen molar-refractivity contribution < 1.29 is 9.90 Å². The van der Waals surface area contributed by atoms with Crippen LogP contribution in [0.3, 0.4) is 0 Å². The molecule has 0 atom stereocenters. The minimum absolute atomic E-state index is 0.0194. The number of likely N-dealkylation sites (N-methyl/N-ethyl adjacent to an activating group) is 2. The number of amides is 1. The quantitative estimate of drug-likeness (QED) is 0.824. The molecule has 1 rings (SSSR count). The molecule has 1 aromatic rings. The summed E-state index contributed by atoms with van der Waals surface area (Å²) >= 11 is 0. The van der Waals surface area contributed by atoms with Gasteiger partial charge in [-0.25, -0.2) is 4.98 Å². The van der Waals surface area contributed by atoms with E-state index < -0.39 is 0 Å². The van der Waals surface area contributed by atoms with E-state index in [0.29, 0.717) is 6.54 Å². The second kappa shape index (κ2) is 5.63. The van der Waals surface area contributed by atoms with Gasteiger partial charge in [0.25, 0.3) is 0 Å². The van der Waals surface area contributed by atoms with Crippen molar-refractivity contribution in [3.63, 3.8) is 0 Å². The van der Waals surface area contributed by atoms with E-state index in [9.17, 15) is 4.79 Å². The monoisotopic (exact) mass is 237 g/mol. The standard InChI is InChI=1S/C12H19N3O2/c1-9-5-10(8-16)6-13-12(9)15(4)7-11(17)14(2)3/h5-6,16H,7-8H2,1-4H3. The first-order chi connectivity index (χ1) is 7.95. The fourth-order valence-electron chi connectivity index (χ4n) is 1.53. The van der Waals surface area contributed by atoms with Crippen LogP contribution in [0.25, 0.3) is 0 Å². The van der Waals surface area contributed by atoms with Gasteiger partial charge in [-0.05, 0) is 24.1 Å². The second-order valence-corrected chi connectivity index (χ2v) is 4.29. The molecule has 0 aliphatic carbocycles. The maximum Gasteiger partial charge on any atom is 0.241 e. The molecule has 1 amide bonds. The van der Waals surface area contributed by atoms with Crippen LogP contribution in [0.4, 0.5) is 5.82 Å². The van der Waals surface area contributed by atoms with Gasteiger partial charge in [0.15, 0.2) is 0 Å². The molecule has 5 heteroatoms. The Balaban J connectivity index is 2.82. The molecule has 0 saturated carbocycles. The van der Waals surface area contributed by atoms with E-state index in [1.54, 1.807) is 30.1 Å². The van der Waals surface area contributed by atoms with Crippen molar-refractivity contribution >= 4 is 11.7 Å². The Morgan fingerprint density at radius 2 is 2.06 bits per heavy atom. The van der Waals surface area contributed by atoms with E-state index in [0.717, 1.165) is 16.9 Å². The molecule has 5 nitrogen and oxygen atoms in total. The van der Waals surface area contributed by atoms with Crippen LogP contribution >= 0.6 is 0 Å². The Morgan fingerprint density at radius 3 is 2.53 bits per heavy atom. The van der Waals surface area contributed by atoms with Gasteiger partial charge >= 0.3 is 0 Å². The first-order valence-corrected chi connectivity index (χ1v) is 5.43. The van der Waals surface area contributed by atoms with Crippen molar-refractivity contribution in [1.82, 2.24) is 9.88 Å². The van der Waals surface area contributed by atoms with E-state index in [-0.39, 0.29) is 12.5 Å². The highest BCUT2D eigenvalue weighted by atomic mass is 16.3. The second-order valence-electron chi connectivity index (χ2n) is 4.29. The number of anilines is 1. The van der Waals surface area contributed by atoms with Crippen LogP contribution in [0.2, 0.25) is 0 Å². The average Bonchev–Trinajstić information content (AvgIpc) is 2.28. The highest BCUT2D eigenvalue weighted by Gasteiger charge is 2.12. The minimum Gasteiger partial charge on any atom is -0.392 e. The van der Waals surface area contributed by atoms with Crippen molar-refractivity contribution in [3.8, 4) is 0 Å². The number of aryl methyl sites for hydroxylation is 1. The fourth-order valence-corrected chi connectivity index (χ4v) is 1.53. The molecule has 1 N–H and O–H groups in total. The first kappa shape index (κ1) is 13.4. The number of carbonyl (C=O) groups is 1. The fraction of sp³-hybridized carbons (Fsp3) is 0.500. The largest absolute Gasteiger partial charge is 0.392 e. The average molecular weight is 237 g/mol. The lowest BCUT2D eigenvalue weighted by Crippen LogP contribution is -2.35. The Hall–Kier alpha value is -1.62. The summed E-state index contributed by atoms with van der Waals surface area (Å²) in [6.07, 6.45) is 1.62. The number of hydrogen-bond donors (Lipinski definition) is 1. The third kappa shape index (κ3) is 3.42. The number of carbonyl (C=O) groups excluding carboxylic acids is 1. The third-order valence-electron chi connectivity index (χ3n) is 2.52. The van der Waals surface area contributed by atoms with Crippen LogP contribution in [0.5, 0.6) is 0 Å². The van der Waals surface area contributed by atoms with Crippen molar-refractivity contribution in [3.05, 3.63) is 23.4 Å². The molecular weight excluding hydrogens is 218 g/mol. The molecule has 0 aliphatic heterocycles. The molecule has 1 heterocycles. The zero-order valence-electron chi connectivity index (χ0n) is 10.8. The smallest absolute Gasteiger partial charge is 0.241 e. The van der Waals surface area contributed by atoms with E-state index in [1.807, 2.05) is 20.0 Å². The van der Waals surface area contributed by atoms with E-state index in [4.69, 9.17) is 5.11 Å². The minimum atomic E-state index is -0.0194. The Morgan fingerprint density at radius 1 is 1.41 bits per heavy atom. The van der Waals surface area contributed by atoms with Gasteiger partial charge in [0.05, 0.1) is 13.2 Å². The summed E-state index contributed by atoms with van der Waals surface area (Å²) in [6, 6.07) is 1.87. The van der Waals surface area contributed by atoms with Crippen molar-refractivity contribution in [2.45, 2.75) is 13.5 Å². The van der Waals surface area contributed by atoms with Gasteiger partial charge in [0.1, 0.15) is 5.82 Å². The summed E-state index contributed by atoms with van der Waals surface area (Å²) in [6.45, 7) is 2.19. The number of hydrogen-bond acceptors (Lipinski definition) is 4. The van der Waals surface area contributed by atoms with Crippen LogP contribution in [-0.4, -0.2) is 48.6 Å². The van der Waals surface area contributed by atoms with Gasteiger partial charge in [-0.3, -0.25) is 4.79 Å². The van der Waals surface area contributed by atoms with Gasteiger partial charge in [-0.2, -0.15) is 0 Å². The number of nitrogens with zero attached hydrogens (tertiary/aromatic N) is 3. The van der Waals surface area contributed by atoms with Crippen molar-refractivity contribution in [1.29, 1.82) is 0 Å². The lowest BCUT2D eigenvalue weighted by molar-refractivity contribution is -0.127. The Labute approximate surface area is 102 Å². The predicted molar refractivity (Wildman–Crippen MR) is 66.9 cm³/mol. The molecule has 0 aromatic carbocycles. The summed E-state index contributed by atoms with van der Waals surface area (Å²) in [4.78, 5) is 19.2. The van der Waals surface area contributed by atoms with Gasteiger partial charge in [-0.15, -0.1) is 0 Å². The number of aliphatic hydroxyl groups excluding tert-OH is 1. The molecule has 94 valence electrons. The zero-order valence-corrected chi connectivity index (χ0v) is 10.8. The Kier molecular flexibility index (Phi) is 4.45. The predicted octanol–water partition coefficient (Wildman–Crippen LogP) is 0.407. The summed E-state index contributed by atoms with van der Waals surface area (Å²) in [5.74, 6) is 0.789.